The maximum atomic E-state index is 11.6. The van der Waals surface area contributed by atoms with E-state index < -0.39 is 10.0 Å². The van der Waals surface area contributed by atoms with Gasteiger partial charge < -0.3 is 9.30 Å². The number of hydrogen-bond acceptors (Lipinski definition) is 3. The molecule has 0 aliphatic carbocycles. The Labute approximate surface area is 141 Å². The maximum absolute atomic E-state index is 11.6. The molecule has 0 amide bonds. The molecule has 0 aliphatic heterocycles. The predicted octanol–water partition coefficient (Wildman–Crippen LogP) is 3.62. The summed E-state index contributed by atoms with van der Waals surface area (Å²) in [5.41, 5.74) is 3.76. The molecule has 1 heterocycles. The minimum absolute atomic E-state index is 0.0553. The largest absolute Gasteiger partial charge is 0.497 e. The number of nitrogens with zero attached hydrogens (tertiary/aromatic N) is 1. The zero-order valence-electron chi connectivity index (χ0n) is 13.9. The maximum Gasteiger partial charge on any atom is 0.232 e. The number of aryl methyl sites for hydroxylation is 1. The summed E-state index contributed by atoms with van der Waals surface area (Å²) in [7, 11) is 0.410. The van der Waals surface area contributed by atoms with Crippen LogP contribution in [0.2, 0.25) is 0 Å². The molecule has 0 atom stereocenters. The van der Waals surface area contributed by atoms with E-state index in [0.29, 0.717) is 5.69 Å². The molecule has 24 heavy (non-hydrogen) atoms. The zero-order chi connectivity index (χ0) is 17.3. The van der Waals surface area contributed by atoms with E-state index in [9.17, 15) is 8.42 Å². The van der Waals surface area contributed by atoms with Gasteiger partial charge in [0.15, 0.2) is 0 Å². The van der Waals surface area contributed by atoms with Crippen LogP contribution in [-0.4, -0.2) is 25.8 Å². The van der Waals surface area contributed by atoms with Crippen molar-refractivity contribution in [2.24, 2.45) is 7.05 Å². The number of benzene rings is 2. The number of ether oxygens (including phenoxy) is 1. The molecule has 126 valence electrons. The SMILES string of the molecule is CCS(=O)(=O)Nc1ccc(-c2cc3cc(OC)ccc3n2C)cc1. The van der Waals surface area contributed by atoms with Crippen LogP contribution >= 0.6 is 0 Å². The van der Waals surface area contributed by atoms with Gasteiger partial charge in [0.2, 0.25) is 10.0 Å². The van der Waals surface area contributed by atoms with E-state index >= 15 is 0 Å². The number of fused-ring (bicyclic) bond motifs is 1. The number of nitrogens with one attached hydrogen (secondary N) is 1. The van der Waals surface area contributed by atoms with Crippen molar-refractivity contribution < 1.29 is 13.2 Å². The molecule has 0 saturated heterocycles. The summed E-state index contributed by atoms with van der Waals surface area (Å²) in [6, 6.07) is 15.5. The molecule has 0 saturated carbocycles. The van der Waals surface area contributed by atoms with Gasteiger partial charge in [-0.3, -0.25) is 4.72 Å². The van der Waals surface area contributed by atoms with Gasteiger partial charge in [0.25, 0.3) is 0 Å². The summed E-state index contributed by atoms with van der Waals surface area (Å²) in [5.74, 6) is 0.878. The molecule has 1 aromatic heterocycles. The number of aromatic nitrogens is 1. The van der Waals surface area contributed by atoms with E-state index in [1.807, 2.05) is 37.4 Å². The molecule has 0 radical (unpaired) electrons. The first-order chi connectivity index (χ1) is 11.4. The van der Waals surface area contributed by atoms with Gasteiger partial charge in [0.1, 0.15) is 5.75 Å². The smallest absolute Gasteiger partial charge is 0.232 e. The molecular formula is C18H20N2O3S. The van der Waals surface area contributed by atoms with Gasteiger partial charge in [-0.2, -0.15) is 0 Å². The van der Waals surface area contributed by atoms with Crippen LogP contribution in [0.3, 0.4) is 0 Å². The third kappa shape index (κ3) is 3.10. The number of hydrogen-bond donors (Lipinski definition) is 1. The van der Waals surface area contributed by atoms with Crippen LogP contribution in [0, 0.1) is 0 Å². The summed E-state index contributed by atoms with van der Waals surface area (Å²) < 4.78 is 33.2. The molecule has 0 unspecified atom stereocenters. The highest BCUT2D eigenvalue weighted by Gasteiger charge is 2.10. The first kappa shape index (κ1) is 16.4. The first-order valence-electron chi connectivity index (χ1n) is 7.68. The topological polar surface area (TPSA) is 60.3 Å². The van der Waals surface area contributed by atoms with Gasteiger partial charge in [0.05, 0.1) is 12.9 Å². The third-order valence-corrected chi connectivity index (χ3v) is 5.39. The van der Waals surface area contributed by atoms with Gasteiger partial charge in [0, 0.05) is 29.3 Å². The second-order valence-corrected chi connectivity index (χ2v) is 7.61. The zero-order valence-corrected chi connectivity index (χ0v) is 14.7. The highest BCUT2D eigenvalue weighted by molar-refractivity contribution is 7.92. The summed E-state index contributed by atoms with van der Waals surface area (Å²) in [5, 5.41) is 1.10. The van der Waals surface area contributed by atoms with Crippen LogP contribution in [0.1, 0.15) is 6.92 Å². The molecule has 3 aromatic rings. The predicted molar refractivity (Wildman–Crippen MR) is 98.0 cm³/mol. The summed E-state index contributed by atoms with van der Waals surface area (Å²) in [6.45, 7) is 1.61. The van der Waals surface area contributed by atoms with Gasteiger partial charge >= 0.3 is 0 Å². The van der Waals surface area contributed by atoms with E-state index in [1.54, 1.807) is 26.2 Å². The Balaban J connectivity index is 1.97. The lowest BCUT2D eigenvalue weighted by Gasteiger charge is -2.08. The first-order valence-corrected chi connectivity index (χ1v) is 9.33. The second-order valence-electron chi connectivity index (χ2n) is 5.60. The van der Waals surface area contributed by atoms with Gasteiger partial charge in [-0.15, -0.1) is 0 Å². The standard InChI is InChI=1S/C18H20N2O3S/c1-4-24(21,22)19-15-7-5-13(6-8-15)18-12-14-11-16(23-3)9-10-17(14)20(18)2/h5-12,19H,4H2,1-3H3. The fourth-order valence-corrected chi connectivity index (χ4v) is 3.33. The molecule has 3 rings (SSSR count). The molecule has 0 fully saturated rings. The highest BCUT2D eigenvalue weighted by Crippen LogP contribution is 2.30. The minimum atomic E-state index is -3.26. The van der Waals surface area contributed by atoms with Crippen molar-refractivity contribution in [1.29, 1.82) is 0 Å². The number of rotatable bonds is 5. The van der Waals surface area contributed by atoms with Crippen LogP contribution < -0.4 is 9.46 Å². The minimum Gasteiger partial charge on any atom is -0.497 e. The average Bonchev–Trinajstić information content (AvgIpc) is 2.91. The monoisotopic (exact) mass is 344 g/mol. The Bertz CT molecular complexity index is 973. The molecular weight excluding hydrogens is 324 g/mol. The second kappa shape index (κ2) is 6.20. The quantitative estimate of drug-likeness (QED) is 0.769. The van der Waals surface area contributed by atoms with Crippen molar-refractivity contribution in [3.63, 3.8) is 0 Å². The lowest BCUT2D eigenvalue weighted by molar-refractivity contribution is 0.415. The summed E-state index contributed by atoms with van der Waals surface area (Å²) in [4.78, 5) is 0. The van der Waals surface area contributed by atoms with E-state index in [1.165, 1.54) is 0 Å². The Hall–Kier alpha value is -2.47. The van der Waals surface area contributed by atoms with Crippen LogP contribution in [0.4, 0.5) is 5.69 Å². The summed E-state index contributed by atoms with van der Waals surface area (Å²) >= 11 is 0. The van der Waals surface area contributed by atoms with Gasteiger partial charge in [-0.25, -0.2) is 8.42 Å². The molecule has 5 nitrogen and oxygen atoms in total. The fraction of sp³-hybridized carbons (Fsp3) is 0.222. The normalized spacial score (nSPS) is 11.6. The van der Waals surface area contributed by atoms with Crippen LogP contribution in [0.25, 0.3) is 22.2 Å². The van der Waals surface area contributed by atoms with Crippen LogP contribution in [0.15, 0.2) is 48.5 Å². The fourth-order valence-electron chi connectivity index (χ4n) is 2.69. The van der Waals surface area contributed by atoms with E-state index in [0.717, 1.165) is 27.9 Å². The molecule has 0 bridgehead atoms. The number of anilines is 1. The van der Waals surface area contributed by atoms with Crippen molar-refractivity contribution >= 4 is 26.6 Å². The van der Waals surface area contributed by atoms with Crippen molar-refractivity contribution in [2.75, 3.05) is 17.6 Å². The van der Waals surface area contributed by atoms with Crippen molar-refractivity contribution in [1.82, 2.24) is 4.57 Å². The molecule has 2 aromatic carbocycles. The molecule has 0 spiro atoms. The highest BCUT2D eigenvalue weighted by atomic mass is 32.2. The Kier molecular flexibility index (Phi) is 4.24. The van der Waals surface area contributed by atoms with Gasteiger partial charge in [-0.1, -0.05) is 12.1 Å². The van der Waals surface area contributed by atoms with Gasteiger partial charge in [-0.05, 0) is 48.9 Å². The average molecular weight is 344 g/mol. The lowest BCUT2D eigenvalue weighted by Crippen LogP contribution is -2.14. The molecule has 0 aliphatic rings. The lowest BCUT2D eigenvalue weighted by atomic mass is 10.1. The van der Waals surface area contributed by atoms with E-state index in [-0.39, 0.29) is 5.75 Å². The van der Waals surface area contributed by atoms with Crippen molar-refractivity contribution in [2.45, 2.75) is 6.92 Å². The third-order valence-electron chi connectivity index (χ3n) is 4.08. The Morgan fingerprint density at radius 1 is 1.08 bits per heavy atom. The van der Waals surface area contributed by atoms with Crippen LogP contribution in [0.5, 0.6) is 5.75 Å². The summed E-state index contributed by atoms with van der Waals surface area (Å²) in [6.07, 6.45) is 0. The van der Waals surface area contributed by atoms with Crippen molar-refractivity contribution in [3.05, 3.63) is 48.5 Å². The Morgan fingerprint density at radius 2 is 1.79 bits per heavy atom. The van der Waals surface area contributed by atoms with Crippen LogP contribution in [-0.2, 0) is 17.1 Å². The number of methoxy groups -OCH3 is 1. The van der Waals surface area contributed by atoms with E-state index in [2.05, 4.69) is 15.4 Å². The van der Waals surface area contributed by atoms with Crippen molar-refractivity contribution in [3.8, 4) is 17.0 Å². The molecule has 1 N–H and O–H groups in total. The number of sulfonamides is 1. The molecule has 6 heteroatoms. The Morgan fingerprint density at radius 3 is 2.42 bits per heavy atom. The van der Waals surface area contributed by atoms with E-state index in [4.69, 9.17) is 4.74 Å².